The number of anilines is 2. The van der Waals surface area contributed by atoms with E-state index >= 15 is 0 Å². The second-order valence-electron chi connectivity index (χ2n) is 17.8. The number of amides is 4. The van der Waals surface area contributed by atoms with Crippen LogP contribution in [0.4, 0.5) is 37.7 Å². The third-order valence-electron chi connectivity index (χ3n) is 11.2. The molecule has 0 radical (unpaired) electrons. The molecule has 2 atom stereocenters. The monoisotopic (exact) mass is 1110 g/mol. The van der Waals surface area contributed by atoms with Crippen molar-refractivity contribution in [3.05, 3.63) is 60.9 Å². The first-order chi connectivity index (χ1) is 37.0. The number of carboxylic acids is 2. The lowest BCUT2D eigenvalue weighted by molar-refractivity contribution is -0.193. The van der Waals surface area contributed by atoms with E-state index < -0.39 is 24.3 Å². The molecule has 2 heterocycles. The highest BCUT2D eigenvalue weighted by atomic mass is 19.4. The number of fused-ring (bicyclic) bond motifs is 2. The average molecular weight is 1110 g/mol. The number of nitrogens with one attached hydrogen (secondary N) is 8. The van der Waals surface area contributed by atoms with Crippen LogP contribution in [-0.4, -0.2) is 147 Å². The number of halogens is 6. The SMILES string of the molecule is COc1cc(NC(C)CCCNC(=O)CCC(=O)NCCCNCCCCNCCCNC(=O)CCC(=O)NCCCC(C)Nc2cc(OC)cc3cccnc23)c2ncccc2c1.O=C(O)C(F)(F)F.O=C(O)C(F)(F)F. The molecule has 26 heteroatoms. The molecule has 0 fully saturated rings. The average Bonchev–Trinajstić information content (AvgIpc) is 3.42. The van der Waals surface area contributed by atoms with Crippen molar-refractivity contribution in [2.24, 2.45) is 0 Å². The summed E-state index contributed by atoms with van der Waals surface area (Å²) < 4.78 is 74.4. The topological polar surface area (TPSA) is 283 Å². The van der Waals surface area contributed by atoms with E-state index in [0.717, 1.165) is 122 Å². The van der Waals surface area contributed by atoms with Crippen molar-refractivity contribution in [2.75, 3.05) is 77.2 Å². The van der Waals surface area contributed by atoms with E-state index in [1.165, 1.54) is 0 Å². The molecular formula is C52H74F6N10O10. The minimum absolute atomic E-state index is 0.111. The van der Waals surface area contributed by atoms with Gasteiger partial charge in [0.05, 0.1) is 36.6 Å². The van der Waals surface area contributed by atoms with Gasteiger partial charge in [0.2, 0.25) is 23.6 Å². The van der Waals surface area contributed by atoms with Gasteiger partial charge < -0.3 is 62.2 Å². The van der Waals surface area contributed by atoms with Crippen LogP contribution in [0.15, 0.2) is 60.9 Å². The van der Waals surface area contributed by atoms with Gasteiger partial charge in [0.15, 0.2) is 0 Å². The van der Waals surface area contributed by atoms with Gasteiger partial charge in [-0.3, -0.25) is 29.1 Å². The first-order valence-electron chi connectivity index (χ1n) is 25.5. The van der Waals surface area contributed by atoms with Gasteiger partial charge in [-0.25, -0.2) is 9.59 Å². The molecule has 0 bridgehead atoms. The quantitative estimate of drug-likeness (QED) is 0.0176. The fourth-order valence-electron chi connectivity index (χ4n) is 7.17. The largest absolute Gasteiger partial charge is 0.497 e. The number of hydrogen-bond donors (Lipinski definition) is 10. The van der Waals surface area contributed by atoms with Gasteiger partial charge in [-0.1, -0.05) is 12.1 Å². The fourth-order valence-corrected chi connectivity index (χ4v) is 7.17. The number of carbonyl (C=O) groups excluding carboxylic acids is 4. The summed E-state index contributed by atoms with van der Waals surface area (Å²) in [7, 11) is 3.30. The molecule has 4 amide bonds. The predicted octanol–water partition coefficient (Wildman–Crippen LogP) is 6.69. The number of ether oxygens (including phenoxy) is 2. The first kappa shape index (κ1) is 66.9. The van der Waals surface area contributed by atoms with Crippen LogP contribution in [0, 0.1) is 0 Å². The zero-order chi connectivity index (χ0) is 57.9. The molecule has 2 aromatic carbocycles. The lowest BCUT2D eigenvalue weighted by atomic mass is 10.1. The standard InChI is InChI=1S/C48H72N10O6.2C2HF3O2/c1-35(57-41-33-39(63-3)31-37-15-9-27-55-47(37)41)13-7-25-51-43(59)17-19-45(61)53-29-11-23-49-21-5-6-22-50-24-12-30-54-46(62)20-18-44(60)52-26-8-14-36(2)58-42-34-40(64-4)32-38-16-10-28-56-48(38)42;2*3-2(4,5)1(6)7/h9-10,15-16,27-28,31-36,49-50,57-58H,5-8,11-14,17-26,29-30H2,1-4H3,(H,51,59)(H,52,60)(H,53,61)(H,54,62);2*(H,6,7). The summed E-state index contributed by atoms with van der Waals surface area (Å²) in [4.78, 5) is 75.8. The lowest BCUT2D eigenvalue weighted by Crippen LogP contribution is -2.30. The minimum atomic E-state index is -5.08. The van der Waals surface area contributed by atoms with E-state index in [1.54, 1.807) is 26.6 Å². The Morgan fingerprint density at radius 3 is 1.12 bits per heavy atom. The first-order valence-corrected chi connectivity index (χ1v) is 25.5. The van der Waals surface area contributed by atoms with E-state index in [1.807, 2.05) is 48.5 Å². The molecule has 0 saturated carbocycles. The Morgan fingerprint density at radius 2 is 0.808 bits per heavy atom. The second-order valence-corrected chi connectivity index (χ2v) is 17.8. The number of carboxylic acid groups (broad SMARTS) is 2. The summed E-state index contributed by atoms with van der Waals surface area (Å²) in [5, 5.41) is 41.8. The van der Waals surface area contributed by atoms with Gasteiger partial charge in [-0.05, 0) is 116 Å². The van der Waals surface area contributed by atoms with Crippen LogP contribution in [0.1, 0.15) is 90.9 Å². The summed E-state index contributed by atoms with van der Waals surface area (Å²) in [5.41, 5.74) is 3.63. The van der Waals surface area contributed by atoms with Crippen molar-refractivity contribution in [2.45, 2.75) is 115 Å². The third-order valence-corrected chi connectivity index (χ3v) is 11.2. The predicted molar refractivity (Wildman–Crippen MR) is 283 cm³/mol. The number of aromatic nitrogens is 2. The number of rotatable bonds is 33. The molecule has 0 saturated heterocycles. The Balaban J connectivity index is 0.00000130. The molecule has 434 valence electrons. The summed E-state index contributed by atoms with van der Waals surface area (Å²) >= 11 is 0. The summed E-state index contributed by atoms with van der Waals surface area (Å²) in [6.45, 7) is 9.89. The van der Waals surface area contributed by atoms with Gasteiger partial charge >= 0.3 is 24.3 Å². The summed E-state index contributed by atoms with van der Waals surface area (Å²) in [6.07, 6.45) is 1.13. The minimum Gasteiger partial charge on any atom is -0.497 e. The Labute approximate surface area is 449 Å². The molecule has 2 aromatic heterocycles. The summed E-state index contributed by atoms with van der Waals surface area (Å²) in [6, 6.07) is 16.0. The number of benzene rings is 2. The smallest absolute Gasteiger partial charge is 0.490 e. The van der Waals surface area contributed by atoms with E-state index in [2.05, 4.69) is 66.3 Å². The molecule has 0 aliphatic carbocycles. The molecule has 20 nitrogen and oxygen atoms in total. The van der Waals surface area contributed by atoms with Gasteiger partial charge in [0.1, 0.15) is 11.5 Å². The number of aliphatic carboxylic acids is 2. The van der Waals surface area contributed by atoms with E-state index in [4.69, 9.17) is 29.3 Å². The van der Waals surface area contributed by atoms with Crippen molar-refractivity contribution in [1.29, 1.82) is 0 Å². The summed E-state index contributed by atoms with van der Waals surface area (Å²) in [5.74, 6) is -4.42. The van der Waals surface area contributed by atoms with Crippen LogP contribution in [0.5, 0.6) is 11.5 Å². The van der Waals surface area contributed by atoms with E-state index in [-0.39, 0.29) is 61.4 Å². The lowest BCUT2D eigenvalue weighted by Gasteiger charge is -2.17. The maximum absolute atomic E-state index is 12.3. The zero-order valence-corrected chi connectivity index (χ0v) is 44.4. The number of unbranched alkanes of at least 4 members (excludes halogenated alkanes) is 1. The molecule has 0 spiro atoms. The number of carbonyl (C=O) groups is 6. The molecule has 2 unspecified atom stereocenters. The van der Waals surface area contributed by atoms with Crippen molar-refractivity contribution in [3.8, 4) is 11.5 Å². The number of alkyl halides is 6. The van der Waals surface area contributed by atoms with Crippen LogP contribution < -0.4 is 52.0 Å². The van der Waals surface area contributed by atoms with Crippen LogP contribution in [0.25, 0.3) is 21.8 Å². The molecule has 4 aromatic rings. The number of hydrogen-bond acceptors (Lipinski definition) is 14. The van der Waals surface area contributed by atoms with Crippen molar-refractivity contribution in [1.82, 2.24) is 41.9 Å². The number of nitrogens with zero attached hydrogens (tertiary/aromatic N) is 2. The Morgan fingerprint density at radius 1 is 0.500 bits per heavy atom. The van der Waals surface area contributed by atoms with Crippen molar-refractivity contribution in [3.63, 3.8) is 0 Å². The van der Waals surface area contributed by atoms with Gasteiger partial charge in [0, 0.05) is 99.2 Å². The highest BCUT2D eigenvalue weighted by Gasteiger charge is 2.39. The highest BCUT2D eigenvalue weighted by Crippen LogP contribution is 2.30. The van der Waals surface area contributed by atoms with Crippen molar-refractivity contribution >= 4 is 68.7 Å². The van der Waals surface area contributed by atoms with Crippen LogP contribution in [0.3, 0.4) is 0 Å². The third kappa shape index (κ3) is 29.3. The maximum atomic E-state index is 12.3. The van der Waals surface area contributed by atoms with E-state index in [9.17, 15) is 45.5 Å². The Kier molecular flexibility index (Phi) is 31.5. The molecule has 78 heavy (non-hydrogen) atoms. The molecular weight excluding hydrogens is 1040 g/mol. The van der Waals surface area contributed by atoms with Crippen LogP contribution >= 0.6 is 0 Å². The molecule has 4 rings (SSSR count). The second kappa shape index (κ2) is 36.7. The zero-order valence-electron chi connectivity index (χ0n) is 44.4. The van der Waals surface area contributed by atoms with Crippen LogP contribution in [0.2, 0.25) is 0 Å². The molecule has 0 aliphatic heterocycles. The van der Waals surface area contributed by atoms with Gasteiger partial charge in [-0.15, -0.1) is 0 Å². The van der Waals surface area contributed by atoms with Gasteiger partial charge in [0.25, 0.3) is 0 Å². The molecule has 10 N–H and O–H groups in total. The van der Waals surface area contributed by atoms with E-state index in [0.29, 0.717) is 26.2 Å². The Bertz CT molecular complexity index is 2300. The number of pyridine rings is 2. The Hall–Kier alpha value is -7.22. The van der Waals surface area contributed by atoms with Gasteiger partial charge in [-0.2, -0.15) is 26.3 Å². The fraction of sp³-hybridized carbons (Fsp3) is 0.538. The maximum Gasteiger partial charge on any atom is 0.490 e. The normalized spacial score (nSPS) is 11.9. The number of methoxy groups -OCH3 is 2. The van der Waals surface area contributed by atoms with Crippen LogP contribution in [-0.2, 0) is 28.8 Å². The highest BCUT2D eigenvalue weighted by molar-refractivity contribution is 5.93. The van der Waals surface area contributed by atoms with Crippen molar-refractivity contribution < 1.29 is 74.8 Å². The molecule has 0 aliphatic rings.